The quantitative estimate of drug-likeness (QED) is 0.447. The molecular weight excluding hydrogens is 138 g/mol. The van der Waals surface area contributed by atoms with Gasteiger partial charge in [-0.1, -0.05) is 0 Å². The van der Waals surface area contributed by atoms with E-state index in [4.69, 9.17) is 10.2 Å². The summed E-state index contributed by atoms with van der Waals surface area (Å²) in [7, 11) is 1.74. The number of hydrogen-bond donors (Lipinski definition) is 3. The van der Waals surface area contributed by atoms with E-state index in [1.807, 2.05) is 0 Å². The molecule has 0 saturated carbocycles. The van der Waals surface area contributed by atoms with Gasteiger partial charge in [-0.25, -0.2) is 0 Å². The minimum atomic E-state index is -0.440. The zero-order chi connectivity index (χ0) is 6.85. The van der Waals surface area contributed by atoms with Crippen LogP contribution in [0.15, 0.2) is 0 Å². The second-order valence-corrected chi connectivity index (χ2v) is 3.26. The van der Waals surface area contributed by atoms with Crippen LogP contribution in [0.25, 0.3) is 0 Å². The third kappa shape index (κ3) is 1.38. The molecule has 4 heteroatoms. The summed E-state index contributed by atoms with van der Waals surface area (Å²) in [6.45, 7) is 0. The lowest BCUT2D eigenvalue weighted by atomic mass is 10.2. The first-order valence-electron chi connectivity index (χ1n) is 2.90. The molecule has 0 spiro atoms. The zero-order valence-electron chi connectivity index (χ0n) is 5.24. The van der Waals surface area contributed by atoms with Crippen molar-refractivity contribution in [1.29, 1.82) is 0 Å². The average Bonchev–Trinajstić information content (AvgIpc) is 2.12. The van der Waals surface area contributed by atoms with E-state index in [9.17, 15) is 0 Å². The number of nitrogens with one attached hydrogen (secondary N) is 1. The van der Waals surface area contributed by atoms with E-state index >= 15 is 0 Å². The Hall–Kier alpha value is 0.230. The Balaban J connectivity index is 2.44. The molecule has 1 saturated heterocycles. The number of hydrogen-bond acceptors (Lipinski definition) is 4. The van der Waals surface area contributed by atoms with Gasteiger partial charge in [-0.2, -0.15) is 0 Å². The molecule has 0 radical (unpaired) electrons. The molecular formula is C5H11NO2S. The van der Waals surface area contributed by atoms with E-state index in [1.54, 1.807) is 7.05 Å². The first-order chi connectivity index (χ1) is 4.25. The minimum Gasteiger partial charge on any atom is -0.390 e. The van der Waals surface area contributed by atoms with Crippen molar-refractivity contribution < 1.29 is 10.2 Å². The first-order valence-corrected chi connectivity index (χ1v) is 3.95. The van der Waals surface area contributed by atoms with Gasteiger partial charge in [0.2, 0.25) is 0 Å². The van der Waals surface area contributed by atoms with Crippen LogP contribution in [-0.4, -0.2) is 40.6 Å². The van der Waals surface area contributed by atoms with E-state index in [2.05, 4.69) is 5.32 Å². The fraction of sp³-hybridized carbons (Fsp3) is 1.00. The lowest BCUT2D eigenvalue weighted by molar-refractivity contribution is 0.111. The molecule has 3 atom stereocenters. The number of likely N-dealkylation sites (N-methyl/N-ethyl adjacent to an activating group) is 1. The molecule has 1 aliphatic heterocycles. The maximum atomic E-state index is 9.12. The molecule has 0 amide bonds. The van der Waals surface area contributed by atoms with Gasteiger partial charge >= 0.3 is 0 Å². The molecule has 3 N–H and O–H groups in total. The Morgan fingerprint density at radius 3 is 2.44 bits per heavy atom. The molecule has 0 aromatic carbocycles. The van der Waals surface area contributed by atoms with Crippen LogP contribution < -0.4 is 5.32 Å². The number of aliphatic hydroxyl groups is 2. The van der Waals surface area contributed by atoms with Crippen LogP contribution >= 0.6 is 11.8 Å². The maximum absolute atomic E-state index is 9.12. The van der Waals surface area contributed by atoms with Gasteiger partial charge in [0.25, 0.3) is 0 Å². The monoisotopic (exact) mass is 149 g/mol. The fourth-order valence-electron chi connectivity index (χ4n) is 0.930. The van der Waals surface area contributed by atoms with Crippen LogP contribution in [0.1, 0.15) is 0 Å². The van der Waals surface area contributed by atoms with Crippen molar-refractivity contribution in [3.63, 3.8) is 0 Å². The van der Waals surface area contributed by atoms with Gasteiger partial charge in [-0.3, -0.25) is 0 Å². The van der Waals surface area contributed by atoms with E-state index in [0.29, 0.717) is 5.75 Å². The van der Waals surface area contributed by atoms with Gasteiger partial charge in [0.15, 0.2) is 0 Å². The van der Waals surface area contributed by atoms with Crippen molar-refractivity contribution in [2.75, 3.05) is 12.8 Å². The predicted octanol–water partition coefficient (Wildman–Crippen LogP) is -1.000. The second-order valence-electron chi connectivity index (χ2n) is 2.11. The first kappa shape index (κ1) is 7.34. The summed E-state index contributed by atoms with van der Waals surface area (Å²) >= 11 is 1.38. The highest BCUT2D eigenvalue weighted by molar-refractivity contribution is 8.00. The van der Waals surface area contributed by atoms with Crippen LogP contribution in [-0.2, 0) is 0 Å². The molecule has 0 bridgehead atoms. The van der Waals surface area contributed by atoms with Crippen LogP contribution in [0.4, 0.5) is 0 Å². The lowest BCUT2D eigenvalue weighted by Crippen LogP contribution is -2.40. The molecule has 0 aromatic heterocycles. The van der Waals surface area contributed by atoms with E-state index in [0.717, 1.165) is 0 Å². The third-order valence-electron chi connectivity index (χ3n) is 1.49. The van der Waals surface area contributed by atoms with E-state index in [1.165, 1.54) is 11.8 Å². The summed E-state index contributed by atoms with van der Waals surface area (Å²) < 4.78 is 0. The Morgan fingerprint density at radius 1 is 1.56 bits per heavy atom. The van der Waals surface area contributed by atoms with Crippen LogP contribution in [0.3, 0.4) is 0 Å². The molecule has 9 heavy (non-hydrogen) atoms. The Bertz CT molecular complexity index is 91.0. The standard InChI is InChI=1S/C5H11NO2S/c1-6-4-3(7)2-9-5(4)8/h3-8H,2H2,1H3. The van der Waals surface area contributed by atoms with E-state index < -0.39 is 11.5 Å². The van der Waals surface area contributed by atoms with Gasteiger partial charge in [0.1, 0.15) is 5.44 Å². The summed E-state index contributed by atoms with van der Waals surface area (Å²) in [6.07, 6.45) is -0.394. The molecule has 1 fully saturated rings. The number of rotatable bonds is 1. The highest BCUT2D eigenvalue weighted by Gasteiger charge is 2.32. The van der Waals surface area contributed by atoms with Crippen molar-refractivity contribution in [2.24, 2.45) is 0 Å². The van der Waals surface area contributed by atoms with Crippen molar-refractivity contribution in [1.82, 2.24) is 5.32 Å². The second kappa shape index (κ2) is 2.88. The van der Waals surface area contributed by atoms with Gasteiger partial charge < -0.3 is 15.5 Å². The average molecular weight is 149 g/mol. The van der Waals surface area contributed by atoms with Crippen molar-refractivity contribution >= 4 is 11.8 Å². The smallest absolute Gasteiger partial charge is 0.117 e. The summed E-state index contributed by atoms with van der Waals surface area (Å²) in [5.74, 6) is 0.632. The van der Waals surface area contributed by atoms with Gasteiger partial charge in [-0.05, 0) is 7.05 Å². The molecule has 3 nitrogen and oxygen atoms in total. The molecule has 3 unspecified atom stereocenters. The highest BCUT2D eigenvalue weighted by Crippen LogP contribution is 2.24. The van der Waals surface area contributed by atoms with Crippen molar-refractivity contribution in [3.05, 3.63) is 0 Å². The Kier molecular flexibility index (Phi) is 2.35. The van der Waals surface area contributed by atoms with Crippen LogP contribution in [0, 0.1) is 0 Å². The van der Waals surface area contributed by atoms with Crippen LogP contribution in [0.2, 0.25) is 0 Å². The highest BCUT2D eigenvalue weighted by atomic mass is 32.2. The summed E-state index contributed by atoms with van der Waals surface area (Å²) in [5, 5.41) is 21.1. The van der Waals surface area contributed by atoms with Gasteiger partial charge in [0, 0.05) is 5.75 Å². The van der Waals surface area contributed by atoms with Crippen LogP contribution in [0.5, 0.6) is 0 Å². The molecule has 1 aliphatic rings. The summed E-state index contributed by atoms with van der Waals surface area (Å²) in [5.41, 5.74) is -0.440. The predicted molar refractivity (Wildman–Crippen MR) is 37.3 cm³/mol. The topological polar surface area (TPSA) is 52.5 Å². The summed E-state index contributed by atoms with van der Waals surface area (Å²) in [4.78, 5) is 0. The third-order valence-corrected chi connectivity index (χ3v) is 2.66. The summed E-state index contributed by atoms with van der Waals surface area (Å²) in [6, 6.07) is -0.144. The molecule has 1 rings (SSSR count). The molecule has 0 aromatic rings. The van der Waals surface area contributed by atoms with E-state index in [-0.39, 0.29) is 6.04 Å². The fourth-order valence-corrected chi connectivity index (χ4v) is 2.06. The lowest BCUT2D eigenvalue weighted by Gasteiger charge is -2.14. The Labute approximate surface area is 58.5 Å². The largest absolute Gasteiger partial charge is 0.390 e. The van der Waals surface area contributed by atoms with Crippen molar-refractivity contribution in [2.45, 2.75) is 17.6 Å². The minimum absolute atomic E-state index is 0.144. The number of aliphatic hydroxyl groups excluding tert-OH is 2. The van der Waals surface area contributed by atoms with Gasteiger partial charge in [-0.15, -0.1) is 11.8 Å². The number of thioether (sulfide) groups is 1. The van der Waals surface area contributed by atoms with Gasteiger partial charge in [0.05, 0.1) is 12.1 Å². The molecule has 1 heterocycles. The van der Waals surface area contributed by atoms with Crippen molar-refractivity contribution in [3.8, 4) is 0 Å². The molecule has 0 aliphatic carbocycles. The normalized spacial score (nSPS) is 43.7. The zero-order valence-corrected chi connectivity index (χ0v) is 6.06. The Morgan fingerprint density at radius 2 is 2.22 bits per heavy atom. The maximum Gasteiger partial charge on any atom is 0.117 e. The SMILES string of the molecule is CNC1C(O)CSC1O. The molecule has 54 valence electrons.